The minimum atomic E-state index is 0.282. The number of hydrogen-bond donors (Lipinski definition) is 4. The second kappa shape index (κ2) is 8.14. The quantitative estimate of drug-likeness (QED) is 0.226. The third-order valence-corrected chi connectivity index (χ3v) is 4.70. The number of rotatable bonds is 2. The monoisotopic (exact) mass is 390 g/mol. The zero-order valence-electron chi connectivity index (χ0n) is 16.9. The standard InChI is InChI=1S/C15H15N3O.C8H11NO/c1-2-19-10-4-6-13-12(8-10)15(17)11-5-3-9(16)7-14(11)18-13;1-5-3-7(10)4-6(2)8(5)9/h3-8H,2,16H2,1H3,(H2,17,18);3-4,10H,9H2,1-2H3. The molecule has 0 spiro atoms. The molecule has 0 unspecified atom stereocenters. The van der Waals surface area contributed by atoms with Gasteiger partial charge in [-0.15, -0.1) is 0 Å². The van der Waals surface area contributed by atoms with Crippen molar-refractivity contribution in [2.75, 3.05) is 23.8 Å². The van der Waals surface area contributed by atoms with Crippen molar-refractivity contribution in [2.45, 2.75) is 20.8 Å². The fourth-order valence-electron chi connectivity index (χ4n) is 3.18. The average molecular weight is 390 g/mol. The number of fused-ring (bicyclic) bond motifs is 2. The van der Waals surface area contributed by atoms with Crippen LogP contribution >= 0.6 is 0 Å². The number of aryl methyl sites for hydroxylation is 2. The van der Waals surface area contributed by atoms with Crippen molar-refractivity contribution in [3.05, 3.63) is 59.7 Å². The third kappa shape index (κ3) is 4.27. The molecule has 29 heavy (non-hydrogen) atoms. The number of nitrogens with zero attached hydrogens (tertiary/aromatic N) is 1. The summed E-state index contributed by atoms with van der Waals surface area (Å²) in [5.41, 5.74) is 23.3. The lowest BCUT2D eigenvalue weighted by atomic mass is 10.1. The van der Waals surface area contributed by atoms with Crippen molar-refractivity contribution in [3.8, 4) is 11.5 Å². The summed E-state index contributed by atoms with van der Waals surface area (Å²) < 4.78 is 5.50. The molecular weight excluding hydrogens is 364 g/mol. The van der Waals surface area contributed by atoms with Crippen molar-refractivity contribution in [2.24, 2.45) is 0 Å². The SMILES string of the molecule is CCOc1ccc2nc3cc(N)ccc3c(N)c2c1.Cc1cc(O)cc(C)c1N. The van der Waals surface area contributed by atoms with E-state index in [1.165, 1.54) is 0 Å². The first-order chi connectivity index (χ1) is 13.8. The molecule has 1 heterocycles. The summed E-state index contributed by atoms with van der Waals surface area (Å²) in [4.78, 5) is 4.59. The Kier molecular flexibility index (Phi) is 5.64. The summed E-state index contributed by atoms with van der Waals surface area (Å²) in [5.74, 6) is 1.09. The van der Waals surface area contributed by atoms with Gasteiger partial charge in [0, 0.05) is 22.1 Å². The van der Waals surface area contributed by atoms with Crippen LogP contribution in [0.3, 0.4) is 0 Å². The van der Waals surface area contributed by atoms with Crippen molar-refractivity contribution in [1.29, 1.82) is 0 Å². The number of hydrogen-bond acceptors (Lipinski definition) is 6. The number of anilines is 3. The molecule has 0 aliphatic rings. The molecule has 0 aliphatic carbocycles. The van der Waals surface area contributed by atoms with Crippen molar-refractivity contribution in [3.63, 3.8) is 0 Å². The Morgan fingerprint density at radius 3 is 2.17 bits per heavy atom. The van der Waals surface area contributed by atoms with Crippen molar-refractivity contribution in [1.82, 2.24) is 4.98 Å². The molecule has 0 aliphatic heterocycles. The number of aromatic nitrogens is 1. The molecule has 150 valence electrons. The zero-order chi connectivity index (χ0) is 21.1. The maximum absolute atomic E-state index is 9.06. The summed E-state index contributed by atoms with van der Waals surface area (Å²) in [7, 11) is 0. The van der Waals surface area contributed by atoms with E-state index in [9.17, 15) is 0 Å². The van der Waals surface area contributed by atoms with E-state index in [2.05, 4.69) is 4.98 Å². The highest BCUT2D eigenvalue weighted by Gasteiger charge is 2.08. The molecule has 0 saturated heterocycles. The summed E-state index contributed by atoms with van der Waals surface area (Å²) in [6, 6.07) is 14.6. The molecule has 6 nitrogen and oxygen atoms in total. The van der Waals surface area contributed by atoms with E-state index in [1.54, 1.807) is 12.1 Å². The molecule has 0 bridgehead atoms. The number of benzene rings is 3. The first kappa shape index (κ1) is 20.1. The Morgan fingerprint density at radius 1 is 0.828 bits per heavy atom. The van der Waals surface area contributed by atoms with Crippen LogP contribution in [0.15, 0.2) is 48.5 Å². The second-order valence-electron chi connectivity index (χ2n) is 6.91. The average Bonchev–Trinajstić information content (AvgIpc) is 2.67. The lowest BCUT2D eigenvalue weighted by Crippen LogP contribution is -1.96. The number of nitrogens with two attached hydrogens (primary N) is 3. The molecule has 7 N–H and O–H groups in total. The van der Waals surface area contributed by atoms with Gasteiger partial charge in [-0.05, 0) is 80.4 Å². The summed E-state index contributed by atoms with van der Waals surface area (Å²) in [5, 5.41) is 10.9. The van der Waals surface area contributed by atoms with Gasteiger partial charge in [0.2, 0.25) is 0 Å². The van der Waals surface area contributed by atoms with Gasteiger partial charge in [-0.1, -0.05) is 0 Å². The molecule has 0 amide bonds. The minimum Gasteiger partial charge on any atom is -0.508 e. The van der Waals surface area contributed by atoms with Crippen molar-refractivity contribution < 1.29 is 9.84 Å². The van der Waals surface area contributed by atoms with Crippen LogP contribution in [0.1, 0.15) is 18.1 Å². The molecule has 0 fully saturated rings. The first-order valence-electron chi connectivity index (χ1n) is 9.37. The van der Waals surface area contributed by atoms with Gasteiger partial charge in [0.25, 0.3) is 0 Å². The van der Waals surface area contributed by atoms with Gasteiger partial charge in [0.1, 0.15) is 11.5 Å². The number of phenolic OH excluding ortho intramolecular Hbond substituents is 1. The lowest BCUT2D eigenvalue weighted by molar-refractivity contribution is 0.341. The van der Waals surface area contributed by atoms with E-state index >= 15 is 0 Å². The van der Waals surface area contributed by atoms with Gasteiger partial charge in [-0.3, -0.25) is 0 Å². The van der Waals surface area contributed by atoms with Crippen molar-refractivity contribution >= 4 is 38.9 Å². The zero-order valence-corrected chi connectivity index (χ0v) is 16.9. The van der Waals surface area contributed by atoms with Crippen LogP contribution in [0, 0.1) is 13.8 Å². The van der Waals surface area contributed by atoms with E-state index in [-0.39, 0.29) is 5.75 Å². The molecule has 6 heteroatoms. The predicted molar refractivity (Wildman–Crippen MR) is 121 cm³/mol. The number of aromatic hydroxyl groups is 1. The number of pyridine rings is 1. The second-order valence-corrected chi connectivity index (χ2v) is 6.91. The van der Waals surface area contributed by atoms with Gasteiger partial charge < -0.3 is 27.0 Å². The Bertz CT molecular complexity index is 1170. The topological polar surface area (TPSA) is 120 Å². The van der Waals surface area contributed by atoms with Crippen LogP contribution in [-0.2, 0) is 0 Å². The Morgan fingerprint density at radius 2 is 1.52 bits per heavy atom. The molecule has 0 atom stereocenters. The highest BCUT2D eigenvalue weighted by molar-refractivity contribution is 6.07. The molecule has 0 radical (unpaired) electrons. The van der Waals surface area contributed by atoms with Crippen LogP contribution in [0.2, 0.25) is 0 Å². The highest BCUT2D eigenvalue weighted by atomic mass is 16.5. The molecule has 0 saturated carbocycles. The Balaban J connectivity index is 0.000000204. The van der Waals surface area contributed by atoms with E-state index < -0.39 is 0 Å². The first-order valence-corrected chi connectivity index (χ1v) is 9.37. The highest BCUT2D eigenvalue weighted by Crippen LogP contribution is 2.31. The molecule has 1 aromatic heterocycles. The van der Waals surface area contributed by atoms with E-state index in [1.807, 2.05) is 57.2 Å². The predicted octanol–water partition coefficient (Wildman–Crippen LogP) is 4.54. The molecule has 4 rings (SSSR count). The van der Waals surface area contributed by atoms with Gasteiger partial charge in [-0.2, -0.15) is 0 Å². The number of nitrogen functional groups attached to an aromatic ring is 3. The van der Waals surface area contributed by atoms with Gasteiger partial charge in [0.15, 0.2) is 0 Å². The molecular formula is C23H26N4O2. The maximum Gasteiger partial charge on any atom is 0.120 e. The number of phenols is 1. The Hall–Kier alpha value is -3.67. The fourth-order valence-corrected chi connectivity index (χ4v) is 3.18. The largest absolute Gasteiger partial charge is 0.508 e. The summed E-state index contributed by atoms with van der Waals surface area (Å²) in [6.45, 7) is 6.34. The van der Waals surface area contributed by atoms with E-state index in [4.69, 9.17) is 27.0 Å². The maximum atomic E-state index is 9.06. The van der Waals surface area contributed by atoms with Gasteiger partial charge >= 0.3 is 0 Å². The van der Waals surface area contributed by atoms with Crippen LogP contribution in [0.5, 0.6) is 11.5 Å². The smallest absolute Gasteiger partial charge is 0.120 e. The summed E-state index contributed by atoms with van der Waals surface area (Å²) >= 11 is 0. The number of ether oxygens (including phenoxy) is 1. The molecule has 4 aromatic rings. The third-order valence-electron chi connectivity index (χ3n) is 4.70. The lowest BCUT2D eigenvalue weighted by Gasteiger charge is -2.09. The van der Waals surface area contributed by atoms with Gasteiger partial charge in [0.05, 0.1) is 23.3 Å². The Labute approximate surface area is 169 Å². The van der Waals surface area contributed by atoms with Crippen LogP contribution in [0.4, 0.5) is 17.1 Å². The van der Waals surface area contributed by atoms with E-state index in [0.717, 1.165) is 44.4 Å². The summed E-state index contributed by atoms with van der Waals surface area (Å²) in [6.07, 6.45) is 0. The fraction of sp³-hybridized carbons (Fsp3) is 0.174. The van der Waals surface area contributed by atoms with E-state index in [0.29, 0.717) is 18.0 Å². The van der Waals surface area contributed by atoms with Crippen LogP contribution in [0.25, 0.3) is 21.8 Å². The van der Waals surface area contributed by atoms with Crippen LogP contribution < -0.4 is 21.9 Å². The normalized spacial score (nSPS) is 10.6. The van der Waals surface area contributed by atoms with Crippen LogP contribution in [-0.4, -0.2) is 16.7 Å². The minimum absolute atomic E-state index is 0.282. The molecule has 3 aromatic carbocycles. The van der Waals surface area contributed by atoms with Gasteiger partial charge in [-0.25, -0.2) is 4.98 Å².